The number of para-hydroxylation sites is 3. The van der Waals surface area contributed by atoms with Gasteiger partial charge in [-0.2, -0.15) is 13.3 Å². The summed E-state index contributed by atoms with van der Waals surface area (Å²) in [6, 6.07) is 46.6. The quantitative estimate of drug-likeness (QED) is 0.127. The third-order valence-electron chi connectivity index (χ3n) is 19.6. The third-order valence-corrected chi connectivity index (χ3v) is 34.3. The number of allylic oxidation sites excluding steroid dienone is 2. The van der Waals surface area contributed by atoms with E-state index < -0.39 is 81.1 Å². The van der Waals surface area contributed by atoms with E-state index in [1.54, 1.807) is 0 Å². The van der Waals surface area contributed by atoms with Gasteiger partial charge in [0.2, 0.25) is 0 Å². The molecule has 6 aliphatic heterocycles. The van der Waals surface area contributed by atoms with Crippen LogP contribution in [0.4, 0.5) is 17.1 Å². The molecule has 9 aliphatic rings. The van der Waals surface area contributed by atoms with Crippen molar-refractivity contribution in [1.82, 2.24) is 44.1 Å². The van der Waals surface area contributed by atoms with Crippen LogP contribution in [0.5, 0.6) is 0 Å². The fourth-order valence-electron chi connectivity index (χ4n) is 13.7. The Morgan fingerprint density at radius 3 is 0.915 bits per heavy atom. The second-order valence-corrected chi connectivity index (χ2v) is 64.6. The largest absolute Gasteiger partial charge is 0.495 e. The summed E-state index contributed by atoms with van der Waals surface area (Å²) in [6.45, 7) is 40.2. The molecule has 0 radical (unpaired) electrons. The molecule has 5 aromatic carbocycles. The van der Waals surface area contributed by atoms with Gasteiger partial charge >= 0.3 is 285 Å². The predicted octanol–water partition coefficient (Wildman–Crippen LogP) is 25.6. The fraction of sp³-hybridized carbons (Fsp3) is 0.455. The molecule has 118 heavy (non-hydrogen) atoms. The Morgan fingerprint density at radius 1 is 0.347 bits per heavy atom. The molecule has 6 saturated heterocycles. The van der Waals surface area contributed by atoms with Crippen LogP contribution in [0, 0.1) is 98.4 Å². The first-order chi connectivity index (χ1) is 53.1. The van der Waals surface area contributed by atoms with Crippen molar-refractivity contribution < 1.29 is 81.1 Å². The maximum absolute atomic E-state index is 5.53. The van der Waals surface area contributed by atoms with Crippen molar-refractivity contribution in [1.29, 1.82) is 0 Å². The maximum Gasteiger partial charge on any atom is 0.0507 e. The number of halogens is 12. The number of hydrogen-bond acceptors (Lipinski definition) is 12. The molecule has 5 aromatic rings. The number of likely N-dealkylation sites (N-methyl/N-ethyl adjacent to an activating group) is 9. The average Bonchev–Trinajstić information content (AvgIpc) is 1.55. The van der Waals surface area contributed by atoms with Crippen LogP contribution in [-0.4, -0.2) is 198 Å². The number of benzene rings is 5. The average molecular weight is 2400 g/mol. The Kier molecular flexibility index (Phi) is 74.1. The molecule has 0 bridgehead atoms. The number of aryl methyl sites for hydroxylation is 2. The van der Waals surface area contributed by atoms with Crippen LogP contribution < -0.4 is 14.7 Å². The molecule has 12 nitrogen and oxygen atoms in total. The molecule has 30 heteroatoms. The summed E-state index contributed by atoms with van der Waals surface area (Å²) >= 11 is -8.34. The van der Waals surface area contributed by atoms with Gasteiger partial charge in [0.05, 0.1) is 12.1 Å². The van der Waals surface area contributed by atoms with Crippen molar-refractivity contribution in [2.75, 3.05) is 104 Å². The Balaban J connectivity index is -0.000000638. The van der Waals surface area contributed by atoms with Crippen LogP contribution in [0.2, 0.25) is 0 Å². The molecular weight excluding hydrogens is 2260 g/mol. The third kappa shape index (κ3) is 45.9. The summed E-state index contributed by atoms with van der Waals surface area (Å²) in [6.07, 6.45) is 13.0. The van der Waals surface area contributed by atoms with Gasteiger partial charge in [-0.15, -0.1) is 0 Å². The molecule has 8 fully saturated rings. The van der Waals surface area contributed by atoms with Crippen molar-refractivity contribution in [2.45, 2.75) is 176 Å². The van der Waals surface area contributed by atoms with E-state index >= 15 is 0 Å². The molecular formula is C88H142Cl12N12Ru6-12. The molecule has 2 unspecified atom stereocenters. The molecule has 0 amide bonds. The molecule has 2 saturated carbocycles. The zero-order valence-corrected chi connectivity index (χ0v) is 94.1. The molecule has 3 aliphatic carbocycles. The monoisotopic (exact) mass is 2400 g/mol. The minimum absolute atomic E-state index is 0. The molecule has 6 heterocycles. The summed E-state index contributed by atoms with van der Waals surface area (Å²) in [5, 5.41) is 2.76. The van der Waals surface area contributed by atoms with E-state index in [2.05, 4.69) is 305 Å². The standard InChI is InChI=1S/C27H23N2.C14H19N2.C9H17N2.C7H15N2.2C5H11N2.C5H8.5C2H4.6CH3.12ClH.6Ru/c1-18-9-3-5-15-23(18)28-17-29(24-16-6-4-10-19(24)2)27-22-14-8-12-20-11-7-13-21(25(20)22)26(27)28;1-15-11-16(12-7-3-2-4-8-12)14-10-6-5-9-13(14)15;1-10-7-11(2)9-6-4-3-5-8(9)10;1-6-7(2)9(4)5-8(6)3;2*1-6-3-4-7(2)5-6;1-4-5(2)3;5*1-2;;;;;;;;;;;;;;;;;;;;;;;;/h3-17,26-27H,1-2H3;2-4,7-8,11,13-14H,5-6,9-10H2,1H3;7-9H,3-6H2,1-2H3;5-7H,1-4H3;2*5H,3-4H2,1-2H3;1,4H,2-3H3;5*1H,2H3;6*1H3;12*1H;;;;;;/q6*-1;;;;;;;6*-1;;;;;;;;;;;;;6*+2/p-12/t;13-,14-;8-,9-;6-,7-;;;;;;;;;;;;;;;;;;;;;;;;;;;;;;;;/m.111................................/s1. The Labute approximate surface area is 801 Å². The first-order valence-electron chi connectivity index (χ1n) is 37.0. The van der Waals surface area contributed by atoms with Gasteiger partial charge in [-0.05, 0) is 211 Å². The van der Waals surface area contributed by atoms with Gasteiger partial charge in [0, 0.05) is 29.1 Å². The minimum atomic E-state index is -1.52. The van der Waals surface area contributed by atoms with E-state index in [1.807, 2.05) is 82.2 Å². The summed E-state index contributed by atoms with van der Waals surface area (Å²) < 4.78 is 11.1. The Hall–Kier alpha value is 1.58. The smallest absolute Gasteiger partial charge is 0.0507 e. The maximum atomic E-state index is 5.53. The van der Waals surface area contributed by atoms with Crippen LogP contribution >= 0.6 is 116 Å². The van der Waals surface area contributed by atoms with E-state index in [9.17, 15) is 0 Å². The SMILES string of the molecule is CC(C)=C[CH]=[Ru]([Cl])[Cl].CN1[CH-]N(C)CC1.CN1[CH-]N(C)CC1.CN1[CH-]N(C)[C@@H]2CCCC[C@H]21.CN1[CH-]N(c2ccccc2)[C@@H]2CCCC[C@H]21.C[C@@H]1[C@@H](C)N(C)[CH-]N1C.C[CH]=[Ru]([Cl])[Cl].C[CH]=[Ru]([Cl])[Cl].C[CH]=[Ru]([Cl])[Cl].C[CH]=[Ru]([Cl])[Cl].C[CH]=[Ru]([Cl])[Cl].Cc1ccccc1N1[CH-]N(c2ccccc2C)C2c3cccc4cccc(c34)C21.[CH3-].[CH3-].[CH3-].[CH3-].[CH3-].[CH3-]. The molecule has 0 N–H and O–H groups in total. The Morgan fingerprint density at radius 2 is 0.644 bits per heavy atom. The number of rotatable bonds is 4. The van der Waals surface area contributed by atoms with Crippen LogP contribution in [0.3, 0.4) is 0 Å². The van der Waals surface area contributed by atoms with Gasteiger partial charge in [-0.3, -0.25) is 0 Å². The van der Waals surface area contributed by atoms with Crippen LogP contribution in [0.25, 0.3) is 10.8 Å². The summed E-state index contributed by atoms with van der Waals surface area (Å²) in [5.74, 6) is 0. The minimum Gasteiger partial charge on any atom is -0.495 e. The van der Waals surface area contributed by atoms with Gasteiger partial charge < -0.3 is 103 Å². The van der Waals surface area contributed by atoms with E-state index in [1.165, 1.54) is 133 Å². The van der Waals surface area contributed by atoms with Gasteiger partial charge in [0.1, 0.15) is 0 Å². The van der Waals surface area contributed by atoms with E-state index in [-0.39, 0.29) is 56.6 Å². The van der Waals surface area contributed by atoms with E-state index in [0.29, 0.717) is 18.1 Å². The molecule has 698 valence electrons. The summed E-state index contributed by atoms with van der Waals surface area (Å²) in [5.41, 5.74) is 10.6. The van der Waals surface area contributed by atoms with E-state index in [4.69, 9.17) is 116 Å². The number of fused-ring (bicyclic) bond motifs is 5. The van der Waals surface area contributed by atoms with Crippen molar-refractivity contribution in [2.24, 2.45) is 0 Å². The molecule has 0 spiro atoms. The van der Waals surface area contributed by atoms with Gasteiger partial charge in [-0.25, -0.2) is 26.7 Å². The van der Waals surface area contributed by atoms with Crippen molar-refractivity contribution in [3.05, 3.63) is 234 Å². The van der Waals surface area contributed by atoms with Gasteiger partial charge in [0.25, 0.3) is 0 Å². The predicted molar refractivity (Wildman–Crippen MR) is 525 cm³/mol. The molecule has 8 atom stereocenters. The zero-order valence-electron chi connectivity index (χ0n) is 74.6. The number of hydrogen-bond donors (Lipinski definition) is 0. The van der Waals surface area contributed by atoms with Gasteiger partial charge in [-0.1, -0.05) is 131 Å². The summed E-state index contributed by atoms with van der Waals surface area (Å²) in [7, 11) is 83.4. The Bertz CT molecular complexity index is 3470. The number of nitrogens with zero attached hydrogens (tertiary/aromatic N) is 12. The summed E-state index contributed by atoms with van der Waals surface area (Å²) in [4.78, 5) is 27.8. The van der Waals surface area contributed by atoms with Crippen LogP contribution in [0.1, 0.15) is 148 Å². The second kappa shape index (κ2) is 69.5. The number of anilines is 3. The van der Waals surface area contributed by atoms with Crippen molar-refractivity contribution in [3.63, 3.8) is 0 Å². The fourth-order valence-corrected chi connectivity index (χ4v) is 15.1. The molecule has 14 rings (SSSR count). The van der Waals surface area contributed by atoms with Crippen molar-refractivity contribution >= 4 is 172 Å². The van der Waals surface area contributed by atoms with Crippen molar-refractivity contribution in [3.8, 4) is 0 Å². The van der Waals surface area contributed by atoms with Crippen LogP contribution in [0.15, 0.2) is 127 Å². The van der Waals surface area contributed by atoms with Crippen LogP contribution in [-0.2, 0) is 81.1 Å². The first-order valence-corrected chi connectivity index (χ1v) is 69.8. The first kappa shape index (κ1) is 126. The zero-order chi connectivity index (χ0) is 83.9. The van der Waals surface area contributed by atoms with Gasteiger partial charge in [0.15, 0.2) is 0 Å². The molecule has 0 aromatic heterocycles. The topological polar surface area (TPSA) is 38.9 Å². The second-order valence-electron chi connectivity index (χ2n) is 27.7. The normalized spacial score (nSPS) is 21.9. The van der Waals surface area contributed by atoms with E-state index in [0.717, 1.165) is 18.1 Å².